The van der Waals surface area contributed by atoms with Gasteiger partial charge in [0.15, 0.2) is 0 Å². The van der Waals surface area contributed by atoms with E-state index >= 15 is 0 Å². The maximum atomic E-state index is 12.4. The Balaban J connectivity index is 2.18. The fourth-order valence-corrected chi connectivity index (χ4v) is 4.70. The molecule has 0 saturated carbocycles. The number of nitrogens with zero attached hydrogens (tertiary/aromatic N) is 2. The Morgan fingerprint density at radius 1 is 1.33 bits per heavy atom. The Hall–Kier alpha value is -2.55. The molecule has 1 aromatic heterocycles. The van der Waals surface area contributed by atoms with Gasteiger partial charge in [-0.15, -0.1) is 11.3 Å². The van der Waals surface area contributed by atoms with Gasteiger partial charge in [0.05, 0.1) is 12.1 Å². The minimum Gasteiger partial charge on any atom is -0.355 e. The summed E-state index contributed by atoms with van der Waals surface area (Å²) in [6.07, 6.45) is 0.00662. The van der Waals surface area contributed by atoms with Gasteiger partial charge in [0.25, 0.3) is 0 Å². The van der Waals surface area contributed by atoms with E-state index in [1.807, 2.05) is 26.0 Å². The summed E-state index contributed by atoms with van der Waals surface area (Å²) in [5.74, 6) is 0.0921. The molecule has 0 bridgehead atoms. The Labute approximate surface area is 185 Å². The zero-order valence-corrected chi connectivity index (χ0v) is 18.7. The molecule has 0 spiro atoms. The lowest BCUT2D eigenvalue weighted by molar-refractivity contribution is -0.121. The van der Waals surface area contributed by atoms with Crippen LogP contribution in [0.5, 0.6) is 0 Å². The summed E-state index contributed by atoms with van der Waals surface area (Å²) in [7, 11) is 0. The van der Waals surface area contributed by atoms with Gasteiger partial charge in [-0.05, 0) is 38.5 Å². The van der Waals surface area contributed by atoms with Gasteiger partial charge in [0, 0.05) is 34.1 Å². The second-order valence-electron chi connectivity index (χ2n) is 7.11. The topological polar surface area (TPSA) is 118 Å². The van der Waals surface area contributed by atoms with Gasteiger partial charge in [-0.3, -0.25) is 25.5 Å². The third-order valence-corrected chi connectivity index (χ3v) is 6.39. The molecule has 1 atom stereocenters. The molecule has 1 aromatic carbocycles. The van der Waals surface area contributed by atoms with Crippen LogP contribution < -0.4 is 16.0 Å². The summed E-state index contributed by atoms with van der Waals surface area (Å²) in [5.41, 5.74) is 8.98. The van der Waals surface area contributed by atoms with Crippen LogP contribution in [0.4, 0.5) is 5.00 Å². The van der Waals surface area contributed by atoms with Gasteiger partial charge >= 0.3 is 0 Å². The molecule has 0 radical (unpaired) electrons. The van der Waals surface area contributed by atoms with Crippen molar-refractivity contribution >= 4 is 51.2 Å². The lowest BCUT2D eigenvalue weighted by atomic mass is 9.99. The summed E-state index contributed by atoms with van der Waals surface area (Å²) in [4.78, 5) is 20.0. The second kappa shape index (κ2) is 9.07. The number of hydrogen-bond donors (Lipinski definition) is 4. The maximum absolute atomic E-state index is 12.4. The summed E-state index contributed by atoms with van der Waals surface area (Å²) in [6.45, 7) is 6.39. The van der Waals surface area contributed by atoms with E-state index in [0.717, 1.165) is 26.6 Å². The Kier molecular flexibility index (Phi) is 6.70. The highest BCUT2D eigenvalue weighted by Crippen LogP contribution is 2.40. The van der Waals surface area contributed by atoms with Crippen molar-refractivity contribution in [3.8, 4) is 0 Å². The van der Waals surface area contributed by atoms with Crippen LogP contribution in [0.15, 0.2) is 29.3 Å². The number of carbonyl (C=O) groups is 1. The molecule has 1 aliphatic heterocycles. The molecule has 0 saturated heterocycles. The van der Waals surface area contributed by atoms with E-state index in [0.29, 0.717) is 23.8 Å². The molecule has 3 rings (SSSR count). The number of amides is 1. The average molecular weight is 445 g/mol. The summed E-state index contributed by atoms with van der Waals surface area (Å²) in [6, 6.07) is 6.64. The van der Waals surface area contributed by atoms with Gasteiger partial charge in [-0.2, -0.15) is 0 Å². The van der Waals surface area contributed by atoms with Crippen LogP contribution in [0, 0.1) is 24.7 Å². The first kappa shape index (κ1) is 22.1. The fourth-order valence-electron chi connectivity index (χ4n) is 3.35. The number of amidine groups is 2. The van der Waals surface area contributed by atoms with Gasteiger partial charge in [-0.1, -0.05) is 23.7 Å². The molecular weight excluding hydrogens is 420 g/mol. The monoisotopic (exact) mass is 444 g/mol. The molecule has 0 unspecified atom stereocenters. The van der Waals surface area contributed by atoms with Crippen molar-refractivity contribution in [3.63, 3.8) is 0 Å². The number of nitrogens with two attached hydrogens (primary N) is 1. The Morgan fingerprint density at radius 3 is 2.60 bits per heavy atom. The molecule has 30 heavy (non-hydrogen) atoms. The molecule has 7 nitrogen and oxygen atoms in total. The highest BCUT2D eigenvalue weighted by molar-refractivity contribution is 7.17. The van der Waals surface area contributed by atoms with Crippen molar-refractivity contribution in [3.05, 3.63) is 50.9 Å². The molecule has 158 valence electrons. The molecule has 0 fully saturated rings. The lowest BCUT2D eigenvalue weighted by Crippen LogP contribution is -2.42. The highest BCUT2D eigenvalue weighted by atomic mass is 35.5. The zero-order chi connectivity index (χ0) is 22.0. The summed E-state index contributed by atoms with van der Waals surface area (Å²) >= 11 is 7.61. The third-order valence-electron chi connectivity index (χ3n) is 4.95. The number of hydrogen-bond acceptors (Lipinski definition) is 6. The minimum absolute atomic E-state index is 0.00662. The van der Waals surface area contributed by atoms with E-state index in [4.69, 9.17) is 33.1 Å². The van der Waals surface area contributed by atoms with Crippen molar-refractivity contribution in [2.24, 2.45) is 10.7 Å². The summed E-state index contributed by atoms with van der Waals surface area (Å²) < 4.78 is 0. The number of anilines is 1. The van der Waals surface area contributed by atoms with E-state index in [9.17, 15) is 4.79 Å². The Bertz CT molecular complexity index is 1030. The van der Waals surface area contributed by atoms with Crippen LogP contribution in [0.3, 0.4) is 0 Å². The fraction of sp³-hybridized carbons (Fsp3) is 0.333. The second-order valence-corrected chi connectivity index (χ2v) is 8.75. The van der Waals surface area contributed by atoms with Crippen LogP contribution in [-0.2, 0) is 4.79 Å². The molecule has 2 heterocycles. The first-order valence-electron chi connectivity index (χ1n) is 9.59. The first-order chi connectivity index (χ1) is 14.2. The standard InChI is InChI=1S/C21H25ClN6OS/c1-11-12(2)30-21-18(11)19(14-4-6-15(22)7-5-14)27-16(10-17(29)26-9-8-23)20(25)28(21)13(3)24/h4-7,16,24-25H,8-10,23H2,1-3H3,(H,26,29)/t16-/m0/s1. The molecule has 5 N–H and O–H groups in total. The highest BCUT2D eigenvalue weighted by Gasteiger charge is 2.34. The van der Waals surface area contributed by atoms with Crippen LogP contribution in [0.2, 0.25) is 5.02 Å². The van der Waals surface area contributed by atoms with E-state index in [1.54, 1.807) is 24.0 Å². The number of aryl methyl sites for hydroxylation is 1. The zero-order valence-electron chi connectivity index (χ0n) is 17.2. The van der Waals surface area contributed by atoms with E-state index in [2.05, 4.69) is 5.32 Å². The average Bonchev–Trinajstić information content (AvgIpc) is 2.91. The van der Waals surface area contributed by atoms with Gasteiger partial charge in [0.1, 0.15) is 22.7 Å². The number of halogens is 1. The van der Waals surface area contributed by atoms with Crippen LogP contribution in [0.25, 0.3) is 0 Å². The molecular formula is C21H25ClN6OS. The van der Waals surface area contributed by atoms with E-state index in [-0.39, 0.29) is 24.0 Å². The number of benzene rings is 1. The van der Waals surface area contributed by atoms with Crippen LogP contribution >= 0.6 is 22.9 Å². The SMILES string of the molecule is CC(=N)N1C(=N)[C@H](CC(=O)NCCN)N=C(c2ccc(Cl)cc2)c2c1sc(C)c2C. The van der Waals surface area contributed by atoms with Crippen molar-refractivity contribution in [1.82, 2.24) is 5.32 Å². The van der Waals surface area contributed by atoms with Gasteiger partial charge in [-0.25, -0.2) is 0 Å². The van der Waals surface area contributed by atoms with Crippen molar-refractivity contribution in [1.29, 1.82) is 10.8 Å². The number of thiophene rings is 1. The number of aliphatic imine (C=N–C) groups is 1. The predicted octanol–water partition coefficient (Wildman–Crippen LogP) is 3.48. The van der Waals surface area contributed by atoms with Crippen LogP contribution in [0.1, 0.15) is 34.9 Å². The molecule has 1 amide bonds. The smallest absolute Gasteiger partial charge is 0.222 e. The number of fused-ring (bicyclic) bond motifs is 1. The van der Waals surface area contributed by atoms with E-state index < -0.39 is 6.04 Å². The van der Waals surface area contributed by atoms with E-state index in [1.165, 1.54) is 11.3 Å². The van der Waals surface area contributed by atoms with Crippen molar-refractivity contribution in [2.75, 3.05) is 18.0 Å². The molecule has 9 heteroatoms. The Morgan fingerprint density at radius 2 is 2.00 bits per heavy atom. The number of nitrogens with one attached hydrogen (secondary N) is 3. The molecule has 0 aliphatic carbocycles. The first-order valence-corrected chi connectivity index (χ1v) is 10.8. The quantitative estimate of drug-likeness (QED) is 0.417. The predicted molar refractivity (Wildman–Crippen MR) is 125 cm³/mol. The van der Waals surface area contributed by atoms with Gasteiger partial charge < -0.3 is 11.1 Å². The molecule has 2 aromatic rings. The largest absolute Gasteiger partial charge is 0.355 e. The van der Waals surface area contributed by atoms with Gasteiger partial charge in [0.2, 0.25) is 5.91 Å². The maximum Gasteiger partial charge on any atom is 0.222 e. The summed E-state index contributed by atoms with van der Waals surface area (Å²) in [5, 5.41) is 21.3. The third kappa shape index (κ3) is 4.30. The normalized spacial score (nSPS) is 16.0. The van der Waals surface area contributed by atoms with Crippen molar-refractivity contribution in [2.45, 2.75) is 33.2 Å². The number of rotatable bonds is 5. The molecule has 1 aliphatic rings. The van der Waals surface area contributed by atoms with Crippen molar-refractivity contribution < 1.29 is 4.79 Å². The van der Waals surface area contributed by atoms with Crippen LogP contribution in [-0.4, -0.2) is 42.4 Å². The number of carbonyl (C=O) groups excluding carboxylic acids is 1. The minimum atomic E-state index is -0.729. The lowest BCUT2D eigenvalue weighted by Gasteiger charge is -2.24.